The minimum Gasteiger partial charge on any atom is -0.508 e. The number of phenols is 2. The van der Waals surface area contributed by atoms with Crippen molar-refractivity contribution in [1.29, 1.82) is 0 Å². The summed E-state index contributed by atoms with van der Waals surface area (Å²) < 4.78 is 0. The number of H-pyrrole nitrogens is 1. The first-order chi connectivity index (χ1) is 10.1. The van der Waals surface area contributed by atoms with Gasteiger partial charge in [-0.15, -0.1) is 0 Å². The number of rotatable bonds is 3. The molecule has 3 rings (SSSR count). The molecule has 0 saturated carbocycles. The van der Waals surface area contributed by atoms with Crippen LogP contribution in [0.2, 0.25) is 0 Å². The van der Waals surface area contributed by atoms with Crippen molar-refractivity contribution in [3.8, 4) is 11.5 Å². The minimum atomic E-state index is -0.385. The van der Waals surface area contributed by atoms with Crippen LogP contribution >= 0.6 is 0 Å². The Labute approximate surface area is 120 Å². The molecule has 7 nitrogen and oxygen atoms in total. The number of amides is 1. The number of hydrogen-bond donors (Lipinski definition) is 4. The van der Waals surface area contributed by atoms with E-state index in [4.69, 9.17) is 0 Å². The molecule has 108 valence electrons. The lowest BCUT2D eigenvalue weighted by atomic mass is 10.2. The normalized spacial score (nSPS) is 13.5. The first-order valence-corrected chi connectivity index (χ1v) is 6.56. The number of carbonyl (C=O) groups excluding carboxylic acids is 1. The summed E-state index contributed by atoms with van der Waals surface area (Å²) in [5.41, 5.74) is 5.11. The van der Waals surface area contributed by atoms with Gasteiger partial charge in [0.2, 0.25) is 0 Å². The van der Waals surface area contributed by atoms with Crippen LogP contribution in [-0.2, 0) is 12.8 Å². The molecule has 1 heterocycles. The smallest absolute Gasteiger partial charge is 0.292 e. The molecule has 0 bridgehead atoms. The quantitative estimate of drug-likeness (QED) is 0.499. The largest absolute Gasteiger partial charge is 0.508 e. The second-order valence-electron chi connectivity index (χ2n) is 4.83. The van der Waals surface area contributed by atoms with Gasteiger partial charge in [0.1, 0.15) is 11.5 Å². The van der Waals surface area contributed by atoms with E-state index in [0.29, 0.717) is 11.3 Å². The third-order valence-corrected chi connectivity index (χ3v) is 3.41. The molecule has 1 amide bonds. The van der Waals surface area contributed by atoms with Crippen molar-refractivity contribution in [3.63, 3.8) is 0 Å². The summed E-state index contributed by atoms with van der Waals surface area (Å²) in [7, 11) is 0. The van der Waals surface area contributed by atoms with E-state index in [1.165, 1.54) is 24.4 Å². The molecule has 1 aliphatic rings. The number of aromatic nitrogens is 2. The summed E-state index contributed by atoms with van der Waals surface area (Å²) >= 11 is 0. The number of fused-ring (bicyclic) bond motifs is 1. The maximum Gasteiger partial charge on any atom is 0.292 e. The van der Waals surface area contributed by atoms with Crippen LogP contribution < -0.4 is 5.43 Å². The number of nitrogens with zero attached hydrogens (tertiary/aromatic N) is 2. The number of phenolic OH excluding ortho intramolecular Hbond substituents is 2. The molecule has 0 atom stereocenters. The SMILES string of the molecule is O=C(NN=Cc1ccc(O)cc1O)c1n[nH]c2c1CCC2. The zero-order valence-electron chi connectivity index (χ0n) is 11.1. The molecule has 21 heavy (non-hydrogen) atoms. The van der Waals surface area contributed by atoms with Crippen LogP contribution in [0, 0.1) is 0 Å². The van der Waals surface area contributed by atoms with Gasteiger partial charge in [0.15, 0.2) is 5.69 Å². The van der Waals surface area contributed by atoms with E-state index in [0.717, 1.165) is 30.5 Å². The Kier molecular flexibility index (Phi) is 3.31. The van der Waals surface area contributed by atoms with Crippen molar-refractivity contribution in [1.82, 2.24) is 15.6 Å². The topological polar surface area (TPSA) is 111 Å². The molecular weight excluding hydrogens is 272 g/mol. The van der Waals surface area contributed by atoms with Crippen molar-refractivity contribution < 1.29 is 15.0 Å². The van der Waals surface area contributed by atoms with E-state index in [9.17, 15) is 15.0 Å². The van der Waals surface area contributed by atoms with Crippen molar-refractivity contribution in [3.05, 3.63) is 40.7 Å². The second-order valence-corrected chi connectivity index (χ2v) is 4.83. The fraction of sp³-hybridized carbons (Fsp3) is 0.214. The summed E-state index contributed by atoms with van der Waals surface area (Å²) in [5, 5.41) is 29.4. The number of hydrogen-bond acceptors (Lipinski definition) is 5. The van der Waals surface area contributed by atoms with Crippen LogP contribution in [0.4, 0.5) is 0 Å². The number of benzene rings is 1. The summed E-state index contributed by atoms with van der Waals surface area (Å²) in [6.45, 7) is 0. The van der Waals surface area contributed by atoms with Gasteiger partial charge in [-0.2, -0.15) is 10.2 Å². The standard InChI is InChI=1S/C14H14N4O3/c19-9-5-4-8(12(20)6-9)7-15-18-14(21)13-10-2-1-3-11(10)16-17-13/h4-7,19-20H,1-3H2,(H,16,17)(H,18,21). The molecule has 4 N–H and O–H groups in total. The van der Waals surface area contributed by atoms with Gasteiger partial charge in [-0.3, -0.25) is 9.89 Å². The van der Waals surface area contributed by atoms with Gasteiger partial charge in [-0.1, -0.05) is 0 Å². The van der Waals surface area contributed by atoms with Crippen LogP contribution in [0.15, 0.2) is 23.3 Å². The van der Waals surface area contributed by atoms with Gasteiger partial charge in [-0.25, -0.2) is 5.43 Å². The van der Waals surface area contributed by atoms with Crippen LogP contribution in [0.5, 0.6) is 11.5 Å². The first-order valence-electron chi connectivity index (χ1n) is 6.56. The molecule has 1 aromatic carbocycles. The highest BCUT2D eigenvalue weighted by atomic mass is 16.3. The average Bonchev–Trinajstić information content (AvgIpc) is 3.03. The lowest BCUT2D eigenvalue weighted by Gasteiger charge is -2.00. The van der Waals surface area contributed by atoms with E-state index >= 15 is 0 Å². The number of aryl methyl sites for hydroxylation is 1. The fourth-order valence-electron chi connectivity index (χ4n) is 2.36. The van der Waals surface area contributed by atoms with Crippen LogP contribution in [0.1, 0.15) is 33.7 Å². The van der Waals surface area contributed by atoms with Gasteiger partial charge in [-0.05, 0) is 31.4 Å². The number of carbonyl (C=O) groups is 1. The van der Waals surface area contributed by atoms with Crippen molar-refractivity contribution in [2.75, 3.05) is 0 Å². The third-order valence-electron chi connectivity index (χ3n) is 3.41. The molecule has 0 unspecified atom stereocenters. The molecular formula is C14H14N4O3. The number of hydrazone groups is 1. The molecule has 1 aromatic heterocycles. The summed E-state index contributed by atoms with van der Waals surface area (Å²) in [4.78, 5) is 12.0. The van der Waals surface area contributed by atoms with E-state index in [2.05, 4.69) is 20.7 Å². The fourth-order valence-corrected chi connectivity index (χ4v) is 2.36. The molecule has 1 aliphatic carbocycles. The van der Waals surface area contributed by atoms with Crippen LogP contribution in [-0.4, -0.2) is 32.5 Å². The maximum atomic E-state index is 12.0. The molecule has 0 saturated heterocycles. The molecule has 0 fully saturated rings. The van der Waals surface area contributed by atoms with Gasteiger partial charge in [0.05, 0.1) is 6.21 Å². The van der Waals surface area contributed by atoms with Crippen molar-refractivity contribution >= 4 is 12.1 Å². The van der Waals surface area contributed by atoms with E-state index < -0.39 is 0 Å². The third kappa shape index (κ3) is 2.58. The van der Waals surface area contributed by atoms with Crippen LogP contribution in [0.25, 0.3) is 0 Å². The maximum absolute atomic E-state index is 12.0. The van der Waals surface area contributed by atoms with Gasteiger partial charge in [0.25, 0.3) is 5.91 Å². The van der Waals surface area contributed by atoms with E-state index in [1.54, 1.807) is 0 Å². The Hall–Kier alpha value is -2.83. The number of nitrogens with one attached hydrogen (secondary N) is 2. The minimum absolute atomic E-state index is 0.0410. The highest BCUT2D eigenvalue weighted by molar-refractivity contribution is 5.95. The van der Waals surface area contributed by atoms with E-state index in [-0.39, 0.29) is 17.4 Å². The Bertz CT molecular complexity index is 721. The van der Waals surface area contributed by atoms with E-state index in [1.807, 2.05) is 0 Å². The Balaban J connectivity index is 1.69. The molecule has 0 spiro atoms. The lowest BCUT2D eigenvalue weighted by Crippen LogP contribution is -2.19. The summed E-state index contributed by atoms with van der Waals surface area (Å²) in [5.74, 6) is -0.543. The lowest BCUT2D eigenvalue weighted by molar-refractivity contribution is 0.0949. The van der Waals surface area contributed by atoms with Crippen molar-refractivity contribution in [2.24, 2.45) is 5.10 Å². The highest BCUT2D eigenvalue weighted by Gasteiger charge is 2.22. The molecule has 2 aromatic rings. The Morgan fingerprint density at radius 2 is 2.24 bits per heavy atom. The Morgan fingerprint density at radius 1 is 1.38 bits per heavy atom. The first kappa shape index (κ1) is 13.2. The monoisotopic (exact) mass is 286 g/mol. The predicted octanol–water partition coefficient (Wildman–Crippen LogP) is 1.07. The second kappa shape index (κ2) is 5.28. The summed E-state index contributed by atoms with van der Waals surface area (Å²) in [6, 6.07) is 4.11. The average molecular weight is 286 g/mol. The molecule has 7 heteroatoms. The number of aromatic amines is 1. The summed E-state index contributed by atoms with van der Waals surface area (Å²) in [6.07, 6.45) is 4.09. The van der Waals surface area contributed by atoms with Crippen LogP contribution in [0.3, 0.4) is 0 Å². The highest BCUT2D eigenvalue weighted by Crippen LogP contribution is 2.23. The molecule has 0 radical (unpaired) electrons. The zero-order valence-corrected chi connectivity index (χ0v) is 11.1. The molecule has 0 aliphatic heterocycles. The van der Waals surface area contributed by atoms with Gasteiger partial charge in [0, 0.05) is 22.9 Å². The van der Waals surface area contributed by atoms with Crippen molar-refractivity contribution in [2.45, 2.75) is 19.3 Å². The zero-order chi connectivity index (χ0) is 14.8. The van der Waals surface area contributed by atoms with Gasteiger partial charge >= 0.3 is 0 Å². The predicted molar refractivity (Wildman–Crippen MR) is 75.4 cm³/mol. The Morgan fingerprint density at radius 3 is 3.05 bits per heavy atom. The van der Waals surface area contributed by atoms with Gasteiger partial charge < -0.3 is 10.2 Å². The number of aromatic hydroxyl groups is 2.